The zero-order valence-electron chi connectivity index (χ0n) is 11.9. The van der Waals surface area contributed by atoms with Crippen LogP contribution in [0.15, 0.2) is 53.0 Å². The summed E-state index contributed by atoms with van der Waals surface area (Å²) >= 11 is 3.13. The lowest BCUT2D eigenvalue weighted by atomic mass is 10.2. The Bertz CT molecular complexity index is 697. The van der Waals surface area contributed by atoms with E-state index >= 15 is 0 Å². The maximum Gasteiger partial charge on any atom is 0.442 e. The Morgan fingerprint density at radius 3 is 2.35 bits per heavy atom. The van der Waals surface area contributed by atoms with Crippen LogP contribution in [0.3, 0.4) is 0 Å². The SMILES string of the molecule is O=P(O)(Oc1ccc(COCc2ccccc2)cc1Br)C(F)F. The van der Waals surface area contributed by atoms with Crippen LogP contribution >= 0.6 is 23.5 Å². The van der Waals surface area contributed by atoms with E-state index in [1.807, 2.05) is 30.3 Å². The molecular formula is C15H14BrF2O4P. The van der Waals surface area contributed by atoms with Crippen LogP contribution in [0, 0.1) is 0 Å². The summed E-state index contributed by atoms with van der Waals surface area (Å²) in [7, 11) is -4.98. The van der Waals surface area contributed by atoms with E-state index in [9.17, 15) is 13.3 Å². The molecule has 1 unspecified atom stereocenters. The normalized spacial score (nSPS) is 13.8. The lowest BCUT2D eigenvalue weighted by Gasteiger charge is -2.14. The summed E-state index contributed by atoms with van der Waals surface area (Å²) in [6.07, 6.45) is -3.46. The van der Waals surface area contributed by atoms with Crippen LogP contribution in [0.5, 0.6) is 5.75 Å². The van der Waals surface area contributed by atoms with Crippen molar-refractivity contribution in [3.63, 3.8) is 0 Å². The Labute approximate surface area is 140 Å². The van der Waals surface area contributed by atoms with E-state index in [2.05, 4.69) is 20.5 Å². The molecule has 0 amide bonds. The molecule has 2 aromatic rings. The third-order valence-corrected chi connectivity index (χ3v) is 4.42. The molecule has 0 aliphatic heterocycles. The maximum atomic E-state index is 12.4. The van der Waals surface area contributed by atoms with Gasteiger partial charge in [0.15, 0.2) is 0 Å². The van der Waals surface area contributed by atoms with Crippen LogP contribution in [0.2, 0.25) is 0 Å². The second-order valence-corrected chi connectivity index (χ2v) is 7.23. The van der Waals surface area contributed by atoms with Crippen molar-refractivity contribution >= 4 is 23.5 Å². The van der Waals surface area contributed by atoms with Crippen molar-refractivity contribution in [2.24, 2.45) is 0 Å². The average Bonchev–Trinajstić information content (AvgIpc) is 2.51. The van der Waals surface area contributed by atoms with Gasteiger partial charge < -0.3 is 14.2 Å². The van der Waals surface area contributed by atoms with Crippen LogP contribution in [0.1, 0.15) is 11.1 Å². The Balaban J connectivity index is 1.95. The molecule has 2 aromatic carbocycles. The molecule has 0 aliphatic rings. The predicted octanol–water partition coefficient (Wildman–Crippen LogP) is 4.95. The Hall–Kier alpha value is -1.27. The number of hydrogen-bond acceptors (Lipinski definition) is 3. The molecule has 0 aliphatic carbocycles. The van der Waals surface area contributed by atoms with E-state index in [0.717, 1.165) is 11.1 Å². The smallest absolute Gasteiger partial charge is 0.420 e. The Morgan fingerprint density at radius 1 is 1.09 bits per heavy atom. The molecule has 0 fully saturated rings. The second kappa shape index (κ2) is 8.02. The third-order valence-electron chi connectivity index (χ3n) is 2.85. The van der Waals surface area contributed by atoms with Gasteiger partial charge in [0, 0.05) is 0 Å². The van der Waals surface area contributed by atoms with Crippen molar-refractivity contribution in [3.8, 4) is 5.75 Å². The lowest BCUT2D eigenvalue weighted by Crippen LogP contribution is -2.02. The number of alkyl halides is 2. The number of hydrogen-bond donors (Lipinski definition) is 1. The molecule has 1 atom stereocenters. The van der Waals surface area contributed by atoms with Crippen molar-refractivity contribution in [2.45, 2.75) is 19.4 Å². The fourth-order valence-corrected chi connectivity index (χ4v) is 2.90. The average molecular weight is 407 g/mol. The molecule has 0 radical (unpaired) electrons. The van der Waals surface area contributed by atoms with Crippen LogP contribution in [0.4, 0.5) is 8.78 Å². The topological polar surface area (TPSA) is 55.8 Å². The molecule has 124 valence electrons. The largest absolute Gasteiger partial charge is 0.442 e. The van der Waals surface area contributed by atoms with Gasteiger partial charge in [-0.1, -0.05) is 36.4 Å². The minimum atomic E-state index is -4.98. The Morgan fingerprint density at radius 2 is 1.74 bits per heavy atom. The van der Waals surface area contributed by atoms with Crippen LogP contribution < -0.4 is 4.52 Å². The first-order valence-corrected chi connectivity index (χ1v) is 9.03. The van der Waals surface area contributed by atoms with Gasteiger partial charge in [0.2, 0.25) is 0 Å². The number of benzene rings is 2. The summed E-state index contributed by atoms with van der Waals surface area (Å²) in [6, 6.07) is 14.1. The van der Waals surface area contributed by atoms with E-state index in [4.69, 9.17) is 9.63 Å². The molecule has 4 nitrogen and oxygen atoms in total. The van der Waals surface area contributed by atoms with Crippen LogP contribution in [-0.4, -0.2) is 11.1 Å². The summed E-state index contributed by atoms with van der Waals surface area (Å²) in [5, 5.41) is 0. The molecule has 0 saturated heterocycles. The highest BCUT2D eigenvalue weighted by molar-refractivity contribution is 9.10. The lowest BCUT2D eigenvalue weighted by molar-refractivity contribution is 0.107. The molecule has 2 rings (SSSR count). The van der Waals surface area contributed by atoms with Crippen LogP contribution in [-0.2, 0) is 22.5 Å². The third kappa shape index (κ3) is 5.39. The molecule has 1 N–H and O–H groups in total. The zero-order chi connectivity index (χ0) is 16.9. The molecule has 0 heterocycles. The van der Waals surface area contributed by atoms with Crippen molar-refractivity contribution in [3.05, 3.63) is 64.1 Å². The monoisotopic (exact) mass is 406 g/mol. The standard InChI is InChI=1S/C15H14BrF2O4P/c16-13-8-12(10-21-9-11-4-2-1-3-5-11)6-7-14(13)22-23(19,20)15(17)18/h1-8,15H,9-10H2,(H,19,20). The molecule has 0 saturated carbocycles. The number of halogens is 3. The predicted molar refractivity (Wildman–Crippen MR) is 85.5 cm³/mol. The van der Waals surface area contributed by atoms with Crippen molar-refractivity contribution < 1.29 is 27.5 Å². The van der Waals surface area contributed by atoms with Gasteiger partial charge in [-0.05, 0) is 39.2 Å². The summed E-state index contributed by atoms with van der Waals surface area (Å²) < 4.78 is 46.3. The van der Waals surface area contributed by atoms with E-state index in [1.54, 1.807) is 12.1 Å². The Kier molecular flexibility index (Phi) is 6.30. The van der Waals surface area contributed by atoms with Crippen molar-refractivity contribution in [2.75, 3.05) is 0 Å². The van der Waals surface area contributed by atoms with Gasteiger partial charge >= 0.3 is 13.8 Å². The van der Waals surface area contributed by atoms with Gasteiger partial charge in [-0.15, -0.1) is 0 Å². The minimum absolute atomic E-state index is 0.122. The first kappa shape index (κ1) is 18.1. The van der Waals surface area contributed by atoms with E-state index in [-0.39, 0.29) is 5.75 Å². The second-order valence-electron chi connectivity index (χ2n) is 4.68. The molecular weight excluding hydrogens is 393 g/mol. The molecule has 23 heavy (non-hydrogen) atoms. The zero-order valence-corrected chi connectivity index (χ0v) is 14.3. The quantitative estimate of drug-likeness (QED) is 0.660. The summed E-state index contributed by atoms with van der Waals surface area (Å²) in [6.45, 7) is 0.743. The highest BCUT2D eigenvalue weighted by atomic mass is 79.9. The van der Waals surface area contributed by atoms with Crippen LogP contribution in [0.25, 0.3) is 0 Å². The number of rotatable bonds is 7. The maximum absolute atomic E-state index is 12.4. The molecule has 0 spiro atoms. The minimum Gasteiger partial charge on any atom is -0.420 e. The van der Waals surface area contributed by atoms with Gasteiger partial charge in [-0.2, -0.15) is 8.78 Å². The van der Waals surface area contributed by atoms with E-state index in [0.29, 0.717) is 17.7 Å². The van der Waals surface area contributed by atoms with Gasteiger partial charge in [0.1, 0.15) is 5.75 Å². The van der Waals surface area contributed by atoms with Crippen molar-refractivity contribution in [1.82, 2.24) is 0 Å². The van der Waals surface area contributed by atoms with Gasteiger partial charge in [0.05, 0.1) is 17.7 Å². The van der Waals surface area contributed by atoms with Gasteiger partial charge in [-0.3, -0.25) is 0 Å². The van der Waals surface area contributed by atoms with E-state index < -0.39 is 13.8 Å². The fourth-order valence-electron chi connectivity index (χ4n) is 1.75. The highest BCUT2D eigenvalue weighted by Gasteiger charge is 2.34. The molecule has 8 heteroatoms. The van der Waals surface area contributed by atoms with Gasteiger partial charge in [0.25, 0.3) is 0 Å². The summed E-state index contributed by atoms with van der Waals surface area (Å²) in [5.41, 5.74) is 1.80. The number of ether oxygens (including phenoxy) is 1. The summed E-state index contributed by atoms with van der Waals surface area (Å²) in [5.74, 6) is -0.122. The molecule has 0 aromatic heterocycles. The van der Waals surface area contributed by atoms with E-state index in [1.165, 1.54) is 6.07 Å². The summed E-state index contributed by atoms with van der Waals surface area (Å²) in [4.78, 5) is 9.04. The first-order valence-electron chi connectivity index (χ1n) is 6.59. The highest BCUT2D eigenvalue weighted by Crippen LogP contribution is 2.50. The first-order chi connectivity index (χ1) is 10.9. The van der Waals surface area contributed by atoms with Gasteiger partial charge in [-0.25, -0.2) is 4.57 Å². The van der Waals surface area contributed by atoms with Crippen molar-refractivity contribution in [1.29, 1.82) is 0 Å². The molecule has 0 bridgehead atoms. The fraction of sp³-hybridized carbons (Fsp3) is 0.200.